The van der Waals surface area contributed by atoms with Crippen LogP contribution in [0.4, 0.5) is 0 Å². The zero-order valence-corrected chi connectivity index (χ0v) is 17.1. The van der Waals surface area contributed by atoms with Crippen molar-refractivity contribution in [3.8, 4) is 0 Å². The molecule has 4 rings (SSSR count). The largest absolute Gasteiger partial charge is 0.550 e. The van der Waals surface area contributed by atoms with Gasteiger partial charge in [0.2, 0.25) is 0 Å². The zero-order chi connectivity index (χ0) is 20.4. The van der Waals surface area contributed by atoms with Gasteiger partial charge >= 0.3 is 0 Å². The van der Waals surface area contributed by atoms with Crippen molar-refractivity contribution >= 4 is 39.2 Å². The normalized spacial score (nSPS) is 11.9. The van der Waals surface area contributed by atoms with Crippen molar-refractivity contribution in [3.05, 3.63) is 82.1 Å². The first kappa shape index (κ1) is 19.1. The molecule has 0 saturated heterocycles. The Kier molecular flexibility index (Phi) is 5.27. The lowest BCUT2D eigenvalue weighted by atomic mass is 10.1. The monoisotopic (exact) mass is 402 g/mol. The first-order valence-corrected chi connectivity index (χ1v) is 10.2. The van der Waals surface area contributed by atoms with Crippen molar-refractivity contribution in [2.24, 2.45) is 0 Å². The van der Waals surface area contributed by atoms with Gasteiger partial charge in [0, 0.05) is 23.6 Å². The highest BCUT2D eigenvalue weighted by molar-refractivity contribution is 7.19. The molecule has 0 bridgehead atoms. The maximum Gasteiger partial charge on any atom is 0.120 e. The Balaban J connectivity index is 1.75. The number of carboxylic acids is 1. The number of rotatable bonds is 6. The van der Waals surface area contributed by atoms with Gasteiger partial charge in [0.15, 0.2) is 0 Å². The Labute approximate surface area is 173 Å². The van der Waals surface area contributed by atoms with E-state index in [1.807, 2.05) is 67.1 Å². The van der Waals surface area contributed by atoms with Gasteiger partial charge in [-0.05, 0) is 43.2 Å². The van der Waals surface area contributed by atoms with Gasteiger partial charge in [0.05, 0.1) is 22.5 Å². The number of hydrogen-bond donors (Lipinski definition) is 0. The molecule has 0 fully saturated rings. The summed E-state index contributed by atoms with van der Waals surface area (Å²) in [6.45, 7) is 4.61. The average Bonchev–Trinajstić information content (AvgIpc) is 3.24. The number of aliphatic carboxylic acids is 1. The van der Waals surface area contributed by atoms with Gasteiger partial charge in [-0.3, -0.25) is 4.68 Å². The SMILES string of the molecule is Cc1nn(Cc2ccccc2)c(C)c1/C=C(\CC(=O)[O-])c1nc2ccccc2s1. The molecule has 4 aromatic rings. The third-order valence-electron chi connectivity index (χ3n) is 4.83. The number of carbonyl (C=O) groups excluding carboxylic acids is 1. The lowest BCUT2D eigenvalue weighted by Gasteiger charge is -2.07. The number of fused-ring (bicyclic) bond motifs is 1. The van der Waals surface area contributed by atoms with Gasteiger partial charge in [0.1, 0.15) is 5.01 Å². The topological polar surface area (TPSA) is 70.8 Å². The van der Waals surface area contributed by atoms with E-state index in [2.05, 4.69) is 22.2 Å². The maximum atomic E-state index is 11.4. The van der Waals surface area contributed by atoms with Crippen LogP contribution in [-0.2, 0) is 11.3 Å². The lowest BCUT2D eigenvalue weighted by Crippen LogP contribution is -2.22. The van der Waals surface area contributed by atoms with Crippen molar-refractivity contribution < 1.29 is 9.90 Å². The summed E-state index contributed by atoms with van der Waals surface area (Å²) < 4.78 is 2.98. The first-order chi connectivity index (χ1) is 14.0. The van der Waals surface area contributed by atoms with Crippen LogP contribution in [0.15, 0.2) is 54.6 Å². The summed E-state index contributed by atoms with van der Waals surface area (Å²) in [6, 6.07) is 17.9. The van der Waals surface area contributed by atoms with Gasteiger partial charge in [0.25, 0.3) is 0 Å². The Morgan fingerprint density at radius 2 is 1.83 bits per heavy atom. The number of thiazole rings is 1. The van der Waals surface area contributed by atoms with Crippen LogP contribution in [0.1, 0.15) is 33.9 Å². The second-order valence-corrected chi connectivity index (χ2v) is 7.96. The number of carboxylic acid groups (broad SMARTS) is 1. The molecule has 0 aliphatic rings. The van der Waals surface area contributed by atoms with Gasteiger partial charge in [-0.1, -0.05) is 42.5 Å². The van der Waals surface area contributed by atoms with Crippen LogP contribution in [0.5, 0.6) is 0 Å². The molecule has 0 unspecified atom stereocenters. The van der Waals surface area contributed by atoms with Crippen LogP contribution in [0.2, 0.25) is 0 Å². The molecule has 0 amide bonds. The highest BCUT2D eigenvalue weighted by Gasteiger charge is 2.14. The van der Waals surface area contributed by atoms with E-state index in [9.17, 15) is 9.90 Å². The van der Waals surface area contributed by atoms with E-state index in [-0.39, 0.29) is 6.42 Å². The Morgan fingerprint density at radius 1 is 1.10 bits per heavy atom. The summed E-state index contributed by atoms with van der Waals surface area (Å²) >= 11 is 1.49. The molecule has 0 aliphatic heterocycles. The Bertz CT molecular complexity index is 1170. The van der Waals surface area contributed by atoms with Crippen LogP contribution in [0.25, 0.3) is 21.9 Å². The summed E-state index contributed by atoms with van der Waals surface area (Å²) in [7, 11) is 0. The molecule has 0 radical (unpaired) electrons. The van der Waals surface area contributed by atoms with Crippen molar-refractivity contribution in [1.29, 1.82) is 0 Å². The minimum absolute atomic E-state index is 0.192. The third kappa shape index (κ3) is 4.12. The molecule has 2 aromatic heterocycles. The van der Waals surface area contributed by atoms with Crippen molar-refractivity contribution in [1.82, 2.24) is 14.8 Å². The summed E-state index contributed by atoms with van der Waals surface area (Å²) in [5.41, 5.74) is 5.44. The van der Waals surface area contributed by atoms with E-state index in [1.165, 1.54) is 11.3 Å². The van der Waals surface area contributed by atoms with Crippen molar-refractivity contribution in [2.75, 3.05) is 0 Å². The van der Waals surface area contributed by atoms with Crippen LogP contribution < -0.4 is 5.11 Å². The standard InChI is InChI=1S/C23H21N3O2S/c1-15-19(16(2)26(25-15)14-17-8-4-3-5-9-17)12-18(13-22(27)28)23-24-20-10-6-7-11-21(20)29-23/h3-12H,13-14H2,1-2H3,(H,27,28)/p-1/b18-12+. The molecular weight excluding hydrogens is 382 g/mol. The van der Waals surface area contributed by atoms with Gasteiger partial charge in [-0.15, -0.1) is 11.3 Å². The van der Waals surface area contributed by atoms with E-state index in [4.69, 9.17) is 0 Å². The van der Waals surface area contributed by atoms with Crippen molar-refractivity contribution in [2.45, 2.75) is 26.8 Å². The predicted octanol–water partition coefficient (Wildman–Crippen LogP) is 3.84. The smallest absolute Gasteiger partial charge is 0.120 e. The fraction of sp³-hybridized carbons (Fsp3) is 0.174. The average molecular weight is 402 g/mol. The minimum Gasteiger partial charge on any atom is -0.550 e. The van der Waals surface area contributed by atoms with E-state index in [0.717, 1.165) is 32.7 Å². The number of nitrogens with zero attached hydrogens (tertiary/aromatic N) is 3. The number of aryl methyl sites for hydroxylation is 1. The summed E-state index contributed by atoms with van der Waals surface area (Å²) in [5.74, 6) is -1.12. The summed E-state index contributed by atoms with van der Waals surface area (Å²) in [4.78, 5) is 16.0. The molecule has 0 N–H and O–H groups in total. The quantitative estimate of drug-likeness (QED) is 0.491. The first-order valence-electron chi connectivity index (χ1n) is 9.35. The molecule has 0 spiro atoms. The number of carbonyl (C=O) groups is 1. The predicted molar refractivity (Wildman–Crippen MR) is 114 cm³/mol. The summed E-state index contributed by atoms with van der Waals surface area (Å²) in [5, 5.41) is 16.8. The van der Waals surface area contributed by atoms with Crippen LogP contribution in [-0.4, -0.2) is 20.7 Å². The van der Waals surface area contributed by atoms with Crippen LogP contribution in [0.3, 0.4) is 0 Å². The fourth-order valence-corrected chi connectivity index (χ4v) is 4.34. The van der Waals surface area contributed by atoms with E-state index >= 15 is 0 Å². The van der Waals surface area contributed by atoms with E-state index in [1.54, 1.807) is 0 Å². The molecule has 29 heavy (non-hydrogen) atoms. The second-order valence-electron chi connectivity index (χ2n) is 6.93. The minimum atomic E-state index is -1.12. The molecule has 0 aliphatic carbocycles. The molecule has 0 atom stereocenters. The molecule has 2 heterocycles. The Morgan fingerprint density at radius 3 is 2.55 bits per heavy atom. The zero-order valence-electron chi connectivity index (χ0n) is 16.3. The van der Waals surface area contributed by atoms with E-state index < -0.39 is 5.97 Å². The third-order valence-corrected chi connectivity index (χ3v) is 5.95. The number of hydrogen-bond acceptors (Lipinski definition) is 5. The number of aromatic nitrogens is 3. The number of benzene rings is 2. The highest BCUT2D eigenvalue weighted by Crippen LogP contribution is 2.31. The van der Waals surface area contributed by atoms with Gasteiger partial charge in [-0.2, -0.15) is 5.10 Å². The molecule has 146 valence electrons. The van der Waals surface area contributed by atoms with Gasteiger partial charge < -0.3 is 9.90 Å². The highest BCUT2D eigenvalue weighted by atomic mass is 32.1. The van der Waals surface area contributed by atoms with Crippen LogP contribution in [0, 0.1) is 13.8 Å². The maximum absolute atomic E-state index is 11.4. The summed E-state index contributed by atoms with van der Waals surface area (Å²) in [6.07, 6.45) is 1.70. The molecule has 5 nitrogen and oxygen atoms in total. The molecule has 2 aromatic carbocycles. The van der Waals surface area contributed by atoms with Crippen molar-refractivity contribution in [3.63, 3.8) is 0 Å². The fourth-order valence-electron chi connectivity index (χ4n) is 3.36. The number of para-hydroxylation sites is 1. The van der Waals surface area contributed by atoms with E-state index in [0.29, 0.717) is 17.1 Å². The van der Waals surface area contributed by atoms with Gasteiger partial charge in [-0.25, -0.2) is 4.98 Å². The molecular formula is C23H20N3O2S-. The molecule has 0 saturated carbocycles. The Hall–Kier alpha value is -3.25. The second kappa shape index (κ2) is 8.01. The lowest BCUT2D eigenvalue weighted by molar-refractivity contribution is -0.304. The molecule has 6 heteroatoms. The van der Waals surface area contributed by atoms with Crippen LogP contribution >= 0.6 is 11.3 Å².